The summed E-state index contributed by atoms with van der Waals surface area (Å²) in [6, 6.07) is 0. The zero-order chi connectivity index (χ0) is 18.4. The van der Waals surface area contributed by atoms with Gasteiger partial charge in [0.15, 0.2) is 0 Å². The molecule has 0 spiro atoms. The fourth-order valence-corrected chi connectivity index (χ4v) is 1.29. The molecule has 0 aliphatic rings. The van der Waals surface area contributed by atoms with Gasteiger partial charge in [0.05, 0.1) is 12.3 Å². The number of carboxylic acids is 1. The molecule has 0 amide bonds. The fraction of sp³-hybridized carbons (Fsp3) is 0.429. The molecule has 1 aromatic rings. The van der Waals surface area contributed by atoms with Crippen molar-refractivity contribution in [3.63, 3.8) is 0 Å². The molecule has 131 valence electrons. The van der Waals surface area contributed by atoms with Crippen LogP contribution in [0, 0.1) is 6.92 Å². The monoisotopic (exact) mass is 410 g/mol. The first-order valence-corrected chi connectivity index (χ1v) is 9.84. The third-order valence-electron chi connectivity index (χ3n) is 2.34. The van der Waals surface area contributed by atoms with Crippen molar-refractivity contribution in [1.29, 1.82) is 0 Å². The number of aliphatic hydroxyl groups is 1. The fourth-order valence-electron chi connectivity index (χ4n) is 1.29. The second kappa shape index (κ2) is 14.3. The van der Waals surface area contributed by atoms with Crippen LogP contribution < -0.4 is 11.1 Å². The normalized spacial score (nSPS) is 8.96. The van der Waals surface area contributed by atoms with Gasteiger partial charge in [-0.25, -0.2) is 4.79 Å². The topological polar surface area (TPSA) is 129 Å². The summed E-state index contributed by atoms with van der Waals surface area (Å²) < 4.78 is 0. The molecule has 0 fully saturated rings. The molecule has 1 heterocycles. The number of aromatic nitrogens is 1. The van der Waals surface area contributed by atoms with E-state index in [1.807, 2.05) is 13.2 Å². The summed E-state index contributed by atoms with van der Waals surface area (Å²) in [6.45, 7) is 7.36. The van der Waals surface area contributed by atoms with Crippen molar-refractivity contribution < 1.29 is 20.1 Å². The van der Waals surface area contributed by atoms with Crippen LogP contribution in [0.2, 0.25) is 0 Å². The van der Waals surface area contributed by atoms with Gasteiger partial charge in [0.1, 0.15) is 11.4 Å². The molecule has 0 atom stereocenters. The number of aromatic hydroxyl groups is 1. The molecular weight excluding hydrogens is 385 g/mol. The Balaban J connectivity index is 0. The second-order valence-corrected chi connectivity index (χ2v) is 6.50. The van der Waals surface area contributed by atoms with Crippen LogP contribution in [0.5, 0.6) is 5.75 Å². The molecule has 0 bridgehead atoms. The Hall–Kier alpha value is -1.25. The van der Waals surface area contributed by atoms with E-state index < -0.39 is 5.97 Å². The molecule has 0 saturated heterocycles. The third kappa shape index (κ3) is 10.2. The zero-order valence-corrected chi connectivity index (χ0v) is 16.0. The minimum atomic E-state index is -1.17. The van der Waals surface area contributed by atoms with Gasteiger partial charge in [-0.05, 0) is 13.5 Å². The van der Waals surface area contributed by atoms with Gasteiger partial charge >= 0.3 is 37.3 Å². The van der Waals surface area contributed by atoms with Gasteiger partial charge in [0, 0.05) is 23.9 Å². The van der Waals surface area contributed by atoms with Gasteiger partial charge in [-0.2, -0.15) is 0 Å². The summed E-state index contributed by atoms with van der Waals surface area (Å²) in [7, 11) is 1.62. The van der Waals surface area contributed by atoms with Crippen molar-refractivity contribution >= 4 is 31.0 Å². The third-order valence-corrected chi connectivity index (χ3v) is 2.34. The quantitative estimate of drug-likeness (QED) is 0.355. The molecule has 0 unspecified atom stereocenters. The first kappa shape index (κ1) is 24.0. The van der Waals surface area contributed by atoms with Crippen LogP contribution in [0.3, 0.4) is 0 Å². The maximum absolute atomic E-state index is 10.5. The molecule has 0 saturated carbocycles. The number of nitrogens with two attached hydrogens (primary N) is 1. The average molecular weight is 409 g/mol. The Morgan fingerprint density at radius 3 is 2.43 bits per heavy atom. The average Bonchev–Trinajstić information content (AvgIpc) is 2.49. The van der Waals surface area contributed by atoms with Gasteiger partial charge in [0.2, 0.25) is 0 Å². The SMILES string of the molecule is C=C(NCc1c(CO)cnc(C)c1O)C(=O)O.CCN.CS[Se]. The summed E-state index contributed by atoms with van der Waals surface area (Å²) >= 11 is 2.72. The van der Waals surface area contributed by atoms with Gasteiger partial charge in [0.25, 0.3) is 0 Å². The molecule has 1 radical (unpaired) electrons. The number of aryl methyl sites for hydroxylation is 1. The van der Waals surface area contributed by atoms with Gasteiger partial charge in [-0.1, -0.05) is 13.5 Å². The molecule has 1 rings (SSSR count). The van der Waals surface area contributed by atoms with E-state index in [9.17, 15) is 9.90 Å². The summed E-state index contributed by atoms with van der Waals surface area (Å²) in [5.41, 5.74) is 5.95. The molecule has 9 heteroatoms. The van der Waals surface area contributed by atoms with Crippen LogP contribution in [0.25, 0.3) is 0 Å². The van der Waals surface area contributed by atoms with Crippen LogP contribution in [0.4, 0.5) is 0 Å². The Morgan fingerprint density at radius 2 is 2.04 bits per heavy atom. The minimum absolute atomic E-state index is 0.0535. The molecule has 0 aliphatic heterocycles. The number of aliphatic carboxylic acids is 1. The molecule has 1 aromatic heterocycles. The summed E-state index contributed by atoms with van der Waals surface area (Å²) in [4.78, 5) is 14.4. The van der Waals surface area contributed by atoms with E-state index in [0.29, 0.717) is 16.8 Å². The van der Waals surface area contributed by atoms with Crippen molar-refractivity contribution in [3.8, 4) is 5.75 Å². The zero-order valence-electron chi connectivity index (χ0n) is 13.5. The molecule has 6 N–H and O–H groups in total. The molecule has 7 nitrogen and oxygen atoms in total. The van der Waals surface area contributed by atoms with E-state index >= 15 is 0 Å². The number of carbonyl (C=O) groups is 1. The Labute approximate surface area is 148 Å². The van der Waals surface area contributed by atoms with E-state index in [4.69, 9.17) is 15.9 Å². The first-order chi connectivity index (χ1) is 10.8. The number of nitrogens with zero attached hydrogens (tertiary/aromatic N) is 1. The first-order valence-electron chi connectivity index (χ1n) is 6.59. The molecule has 23 heavy (non-hydrogen) atoms. The van der Waals surface area contributed by atoms with Crippen LogP contribution >= 0.6 is 10.2 Å². The number of carboxylic acid groups (broad SMARTS) is 1. The number of hydrogen-bond donors (Lipinski definition) is 5. The van der Waals surface area contributed by atoms with Crippen LogP contribution in [0.1, 0.15) is 23.7 Å². The van der Waals surface area contributed by atoms with E-state index in [1.165, 1.54) is 6.20 Å². The van der Waals surface area contributed by atoms with Crippen LogP contribution in [-0.2, 0) is 17.9 Å². The number of pyridine rings is 1. The second-order valence-electron chi connectivity index (χ2n) is 4.07. The van der Waals surface area contributed by atoms with Crippen molar-refractivity contribution in [3.05, 3.63) is 35.3 Å². The maximum atomic E-state index is 10.5. The predicted molar refractivity (Wildman–Crippen MR) is 94.2 cm³/mol. The van der Waals surface area contributed by atoms with Gasteiger partial charge in [-0.15, -0.1) is 0 Å². The molecule has 0 aliphatic carbocycles. The standard InChI is InChI=1S/C11H14N2O4.C2H7N.CH3SSe/c1-6-10(15)9(8(5-14)3-12-6)4-13-7(2)11(16)17;2*1-2-3/h3,13-15H,2,4-5H2,1H3,(H,16,17);2-3H2,1H3;1H3. The van der Waals surface area contributed by atoms with Crippen LogP contribution in [0.15, 0.2) is 18.5 Å². The summed E-state index contributed by atoms with van der Waals surface area (Å²) in [6.07, 6.45) is 3.43. The number of hydrogen-bond acceptors (Lipinski definition) is 7. The van der Waals surface area contributed by atoms with Gasteiger partial charge < -0.3 is 26.4 Å². The summed E-state index contributed by atoms with van der Waals surface area (Å²) in [5, 5.41) is 30.0. The van der Waals surface area contributed by atoms with Crippen molar-refractivity contribution in [1.82, 2.24) is 10.3 Å². The summed E-state index contributed by atoms with van der Waals surface area (Å²) in [5.74, 6) is -1.22. The van der Waals surface area contributed by atoms with E-state index in [0.717, 1.165) is 6.54 Å². The van der Waals surface area contributed by atoms with Crippen LogP contribution in [-0.4, -0.2) is 54.0 Å². The molecular formula is C14H24N3O4SSe. The van der Waals surface area contributed by atoms with Crippen molar-refractivity contribution in [2.24, 2.45) is 5.73 Å². The van der Waals surface area contributed by atoms with Crippen molar-refractivity contribution in [2.75, 3.05) is 12.8 Å². The molecule has 0 aromatic carbocycles. The van der Waals surface area contributed by atoms with E-state index in [1.54, 1.807) is 17.1 Å². The Morgan fingerprint density at radius 1 is 1.57 bits per heavy atom. The number of aliphatic hydroxyl groups excluding tert-OH is 1. The Bertz CT molecular complexity index is 499. The van der Waals surface area contributed by atoms with Crippen molar-refractivity contribution in [2.45, 2.75) is 27.0 Å². The van der Waals surface area contributed by atoms with E-state index in [2.05, 4.69) is 31.8 Å². The Kier molecular flexibility index (Phi) is 15.0. The predicted octanol–water partition coefficient (Wildman–Crippen LogP) is 0.674. The number of nitrogens with one attached hydrogen (secondary N) is 1. The van der Waals surface area contributed by atoms with E-state index in [-0.39, 0.29) is 24.6 Å². The van der Waals surface area contributed by atoms with Gasteiger partial charge in [-0.3, -0.25) is 4.98 Å². The number of rotatable bonds is 5.